The van der Waals surface area contributed by atoms with Crippen LogP contribution in [0.2, 0.25) is 0 Å². The number of aromatic amines is 1. The highest BCUT2D eigenvalue weighted by Gasteiger charge is 2.41. The van der Waals surface area contributed by atoms with Gasteiger partial charge >= 0.3 is 0 Å². The summed E-state index contributed by atoms with van der Waals surface area (Å²) in [5.41, 5.74) is 3.31. The maximum Gasteiger partial charge on any atom is 0.224 e. The molecule has 0 unspecified atom stereocenters. The fourth-order valence-electron chi connectivity index (χ4n) is 4.58. The van der Waals surface area contributed by atoms with Gasteiger partial charge in [-0.3, -0.25) is 4.40 Å². The molecule has 2 fully saturated rings. The van der Waals surface area contributed by atoms with E-state index in [1.54, 1.807) is 12.3 Å². The van der Waals surface area contributed by atoms with Crippen molar-refractivity contribution >= 4 is 22.6 Å². The summed E-state index contributed by atoms with van der Waals surface area (Å²) >= 11 is 0. The number of anilines is 1. The molecule has 1 saturated heterocycles. The first-order valence-electron chi connectivity index (χ1n) is 10.1. The molecule has 148 valence electrons. The summed E-state index contributed by atoms with van der Waals surface area (Å²) in [5.74, 6) is 0.253. The maximum absolute atomic E-state index is 13.9. The number of hydrogen-bond acceptors (Lipinski definition) is 5. The number of pyridine rings is 1. The Morgan fingerprint density at radius 1 is 1.17 bits per heavy atom. The quantitative estimate of drug-likeness (QED) is 0.552. The molecule has 0 aromatic carbocycles. The van der Waals surface area contributed by atoms with Crippen LogP contribution in [-0.4, -0.2) is 42.6 Å². The Kier molecular flexibility index (Phi) is 3.64. The molecule has 0 atom stereocenters. The Bertz CT molecular complexity index is 1200. The van der Waals surface area contributed by atoms with Crippen LogP contribution in [0.15, 0.2) is 36.9 Å². The number of fused-ring (bicyclic) bond motifs is 2. The first kappa shape index (κ1) is 16.9. The monoisotopic (exact) mass is 392 g/mol. The summed E-state index contributed by atoms with van der Waals surface area (Å²) in [5, 5.41) is 4.38. The van der Waals surface area contributed by atoms with Crippen molar-refractivity contribution in [3.05, 3.63) is 42.9 Å². The van der Waals surface area contributed by atoms with Gasteiger partial charge in [-0.15, -0.1) is 0 Å². The fraction of sp³-hybridized carbons (Fsp3) is 0.381. The van der Waals surface area contributed by atoms with Crippen molar-refractivity contribution in [2.24, 2.45) is 0 Å². The molecule has 7 nitrogen and oxygen atoms in total. The molecule has 1 spiro atoms. The first-order chi connectivity index (χ1) is 14.2. The highest BCUT2D eigenvalue weighted by Crippen LogP contribution is 2.41. The van der Waals surface area contributed by atoms with Crippen LogP contribution in [0.25, 0.3) is 27.8 Å². The van der Waals surface area contributed by atoms with Gasteiger partial charge in [-0.05, 0) is 44.2 Å². The minimum Gasteiger partial charge on any atom is -0.375 e. The van der Waals surface area contributed by atoms with Crippen LogP contribution in [0.5, 0.6) is 0 Å². The van der Waals surface area contributed by atoms with E-state index in [0.717, 1.165) is 54.5 Å². The third kappa shape index (κ3) is 2.78. The smallest absolute Gasteiger partial charge is 0.224 e. The topological polar surface area (TPSA) is 80.1 Å². The Morgan fingerprint density at radius 2 is 2.03 bits per heavy atom. The molecule has 1 aliphatic carbocycles. The fourth-order valence-corrected chi connectivity index (χ4v) is 4.58. The lowest BCUT2D eigenvalue weighted by atomic mass is 9.77. The molecular formula is C21H21FN6O. The van der Waals surface area contributed by atoms with Gasteiger partial charge in [-0.25, -0.2) is 9.97 Å². The van der Waals surface area contributed by atoms with E-state index >= 15 is 0 Å². The molecule has 0 radical (unpaired) electrons. The second kappa shape index (κ2) is 6.25. The molecule has 8 heteroatoms. The van der Waals surface area contributed by atoms with Gasteiger partial charge in [0.15, 0.2) is 0 Å². The average Bonchev–Trinajstić information content (AvgIpc) is 3.30. The predicted molar refractivity (Wildman–Crippen MR) is 107 cm³/mol. The summed E-state index contributed by atoms with van der Waals surface area (Å²) in [4.78, 5) is 16.4. The molecule has 6 rings (SSSR count). The van der Waals surface area contributed by atoms with Crippen molar-refractivity contribution in [1.82, 2.24) is 24.3 Å². The Morgan fingerprint density at radius 3 is 2.83 bits per heavy atom. The standard InChI is InChI=1S/C21H21FN6O/c22-17-11-23-18-2-1-13(12-28(17)18)15-9-24-19-16(15)10-25-20(27-19)26-14-3-5-21(6-4-14)7-8-29-21/h1-2,9-12,14H,3-8H2,(H2,24,25,26,27)/t14-,21+. The van der Waals surface area contributed by atoms with Crippen molar-refractivity contribution in [3.8, 4) is 11.1 Å². The third-order valence-corrected chi connectivity index (χ3v) is 6.40. The first-order valence-corrected chi connectivity index (χ1v) is 10.1. The molecule has 29 heavy (non-hydrogen) atoms. The van der Waals surface area contributed by atoms with E-state index in [4.69, 9.17) is 4.74 Å². The summed E-state index contributed by atoms with van der Waals surface area (Å²) in [6.45, 7) is 0.910. The van der Waals surface area contributed by atoms with Gasteiger partial charge in [-0.1, -0.05) is 0 Å². The van der Waals surface area contributed by atoms with Crippen molar-refractivity contribution in [2.45, 2.75) is 43.7 Å². The van der Waals surface area contributed by atoms with Crippen LogP contribution in [-0.2, 0) is 4.74 Å². The van der Waals surface area contributed by atoms with Gasteiger partial charge in [0.25, 0.3) is 0 Å². The van der Waals surface area contributed by atoms with E-state index in [1.807, 2.05) is 18.5 Å². The van der Waals surface area contributed by atoms with Crippen LogP contribution in [0.1, 0.15) is 32.1 Å². The SMILES string of the molecule is Fc1cnc2ccc(-c3c[nH]c4nc(N[C@H]5CC[C@]6(CCO6)CC5)ncc34)cn12. The van der Waals surface area contributed by atoms with Crippen LogP contribution in [0.3, 0.4) is 0 Å². The van der Waals surface area contributed by atoms with Crippen LogP contribution < -0.4 is 5.32 Å². The highest BCUT2D eigenvalue weighted by molar-refractivity contribution is 5.93. The second-order valence-electron chi connectivity index (χ2n) is 8.09. The lowest BCUT2D eigenvalue weighted by Gasteiger charge is -2.46. The highest BCUT2D eigenvalue weighted by atomic mass is 19.1. The van der Waals surface area contributed by atoms with E-state index in [1.165, 1.54) is 17.0 Å². The van der Waals surface area contributed by atoms with Gasteiger partial charge in [0, 0.05) is 41.1 Å². The normalized spacial score (nSPS) is 24.2. The molecule has 0 bridgehead atoms. The summed E-state index contributed by atoms with van der Waals surface area (Å²) in [6.07, 6.45) is 12.2. The van der Waals surface area contributed by atoms with E-state index in [2.05, 4.69) is 25.3 Å². The van der Waals surface area contributed by atoms with Crippen LogP contribution in [0.4, 0.5) is 10.3 Å². The van der Waals surface area contributed by atoms with Crippen molar-refractivity contribution in [2.75, 3.05) is 11.9 Å². The molecule has 1 saturated carbocycles. The molecule has 1 aliphatic heterocycles. The van der Waals surface area contributed by atoms with E-state index in [-0.39, 0.29) is 11.5 Å². The number of aromatic nitrogens is 5. The number of halogens is 1. The third-order valence-electron chi connectivity index (χ3n) is 6.40. The number of nitrogens with one attached hydrogen (secondary N) is 2. The Balaban J connectivity index is 1.25. The summed E-state index contributed by atoms with van der Waals surface area (Å²) in [6, 6.07) is 4.11. The van der Waals surface area contributed by atoms with Crippen molar-refractivity contribution in [1.29, 1.82) is 0 Å². The lowest BCUT2D eigenvalue weighted by molar-refractivity contribution is -0.165. The van der Waals surface area contributed by atoms with Crippen molar-refractivity contribution < 1.29 is 9.13 Å². The van der Waals surface area contributed by atoms with Crippen molar-refractivity contribution in [3.63, 3.8) is 0 Å². The largest absolute Gasteiger partial charge is 0.375 e. The van der Waals surface area contributed by atoms with Gasteiger partial charge in [-0.2, -0.15) is 9.37 Å². The number of rotatable bonds is 3. The van der Waals surface area contributed by atoms with Crippen LogP contribution >= 0.6 is 0 Å². The number of imidazole rings is 1. The van der Waals surface area contributed by atoms with Gasteiger partial charge in [0.05, 0.1) is 18.4 Å². The molecule has 4 aromatic rings. The molecule has 2 aliphatic rings. The average molecular weight is 392 g/mol. The number of hydrogen-bond donors (Lipinski definition) is 2. The zero-order chi connectivity index (χ0) is 19.4. The zero-order valence-electron chi connectivity index (χ0n) is 15.9. The number of nitrogens with zero attached hydrogens (tertiary/aromatic N) is 4. The van der Waals surface area contributed by atoms with E-state index < -0.39 is 0 Å². The molecule has 5 heterocycles. The van der Waals surface area contributed by atoms with Gasteiger partial charge in [0.1, 0.15) is 11.3 Å². The molecule has 2 N–H and O–H groups in total. The molecule has 4 aromatic heterocycles. The van der Waals surface area contributed by atoms with Gasteiger partial charge < -0.3 is 15.0 Å². The van der Waals surface area contributed by atoms with Gasteiger partial charge in [0.2, 0.25) is 11.9 Å². The summed E-state index contributed by atoms with van der Waals surface area (Å²) < 4.78 is 21.1. The number of ether oxygens (including phenoxy) is 1. The minimum atomic E-state index is -0.383. The minimum absolute atomic E-state index is 0.160. The van der Waals surface area contributed by atoms with E-state index in [0.29, 0.717) is 17.6 Å². The Hall–Kier alpha value is -3.00. The molecular weight excluding hydrogens is 371 g/mol. The number of H-pyrrole nitrogens is 1. The zero-order valence-corrected chi connectivity index (χ0v) is 15.9. The van der Waals surface area contributed by atoms with E-state index in [9.17, 15) is 4.39 Å². The summed E-state index contributed by atoms with van der Waals surface area (Å²) in [7, 11) is 0. The second-order valence-corrected chi connectivity index (χ2v) is 8.09. The maximum atomic E-state index is 13.9. The Labute approximate surface area is 166 Å². The predicted octanol–water partition coefficient (Wildman–Crippen LogP) is 3.93. The van der Waals surface area contributed by atoms with Crippen LogP contribution in [0, 0.1) is 5.95 Å². The lowest BCUT2D eigenvalue weighted by Crippen LogP contribution is -2.48. The molecule has 0 amide bonds.